The molecule has 0 saturated heterocycles. The molecule has 0 heterocycles. The number of unbranched alkanes of at least 4 members (excludes halogenated alkanes) is 51. The van der Waals surface area contributed by atoms with Crippen molar-refractivity contribution in [3.8, 4) is 0 Å². The molecule has 0 radical (unpaired) electrons. The van der Waals surface area contributed by atoms with E-state index in [4.69, 9.17) is 14.2 Å². The molecular formula is C75H140O6. The Kier molecular flexibility index (Phi) is 68.1. The minimum Gasteiger partial charge on any atom is -0.462 e. The van der Waals surface area contributed by atoms with Crippen molar-refractivity contribution in [3.63, 3.8) is 0 Å². The van der Waals surface area contributed by atoms with Gasteiger partial charge in [0.2, 0.25) is 0 Å². The van der Waals surface area contributed by atoms with Gasteiger partial charge in [-0.3, -0.25) is 14.4 Å². The standard InChI is InChI=1S/C75H140O6/c1-4-7-10-13-16-18-20-22-24-26-28-30-32-33-34-35-36-37-38-39-40-41-43-44-46-48-50-52-54-56-59-62-65-68-74(77)80-71-72(70-79-73(76)67-64-61-58-15-12-9-6-3)81-75(78)69-66-63-60-57-55-53-51-49-47-45-42-31-29-27-25-23-21-19-17-14-11-8-5-2/h20,22,26-29,72H,4-19,21,23-25,30-71H2,1-3H3/b22-20-,28-26-,29-27-. The minimum absolute atomic E-state index is 0.0665. The van der Waals surface area contributed by atoms with E-state index in [1.54, 1.807) is 0 Å². The van der Waals surface area contributed by atoms with Crippen molar-refractivity contribution in [1.29, 1.82) is 0 Å². The number of esters is 3. The molecule has 0 N–H and O–H groups in total. The Hall–Kier alpha value is -2.37. The van der Waals surface area contributed by atoms with Gasteiger partial charge in [-0.15, -0.1) is 0 Å². The van der Waals surface area contributed by atoms with Crippen LogP contribution in [0.3, 0.4) is 0 Å². The molecule has 6 heteroatoms. The number of allylic oxidation sites excluding steroid dienone is 6. The van der Waals surface area contributed by atoms with E-state index < -0.39 is 6.10 Å². The lowest BCUT2D eigenvalue weighted by Gasteiger charge is -2.18. The normalized spacial score (nSPS) is 12.2. The van der Waals surface area contributed by atoms with Gasteiger partial charge in [0.25, 0.3) is 0 Å². The molecule has 6 nitrogen and oxygen atoms in total. The summed E-state index contributed by atoms with van der Waals surface area (Å²) in [5, 5.41) is 0. The second-order valence-corrected chi connectivity index (χ2v) is 24.9. The highest BCUT2D eigenvalue weighted by atomic mass is 16.6. The molecule has 0 aromatic heterocycles. The molecule has 1 atom stereocenters. The molecule has 0 rings (SSSR count). The van der Waals surface area contributed by atoms with Crippen LogP contribution in [0, 0.1) is 0 Å². The quantitative estimate of drug-likeness (QED) is 0.0261. The summed E-state index contributed by atoms with van der Waals surface area (Å²) in [6.07, 6.45) is 87.9. The van der Waals surface area contributed by atoms with Crippen molar-refractivity contribution >= 4 is 17.9 Å². The van der Waals surface area contributed by atoms with Crippen LogP contribution in [0.5, 0.6) is 0 Å². The van der Waals surface area contributed by atoms with E-state index in [-0.39, 0.29) is 31.1 Å². The first-order valence-electron chi connectivity index (χ1n) is 36.5. The van der Waals surface area contributed by atoms with Crippen LogP contribution in [0.4, 0.5) is 0 Å². The molecule has 0 saturated carbocycles. The van der Waals surface area contributed by atoms with E-state index in [1.807, 2.05) is 0 Å². The summed E-state index contributed by atoms with van der Waals surface area (Å²) >= 11 is 0. The van der Waals surface area contributed by atoms with Crippen LogP contribution in [0.2, 0.25) is 0 Å². The third-order valence-electron chi connectivity index (χ3n) is 16.6. The van der Waals surface area contributed by atoms with E-state index in [1.165, 1.54) is 302 Å². The highest BCUT2D eigenvalue weighted by molar-refractivity contribution is 5.71. The molecule has 0 spiro atoms. The van der Waals surface area contributed by atoms with E-state index >= 15 is 0 Å². The fourth-order valence-electron chi connectivity index (χ4n) is 11.1. The van der Waals surface area contributed by atoms with Crippen LogP contribution < -0.4 is 0 Å². The Morgan fingerprint density at radius 3 is 0.691 bits per heavy atom. The highest BCUT2D eigenvalue weighted by Gasteiger charge is 2.19. The first-order chi connectivity index (χ1) is 40.0. The first-order valence-corrected chi connectivity index (χ1v) is 36.5. The molecule has 0 fully saturated rings. The second kappa shape index (κ2) is 70.1. The first kappa shape index (κ1) is 78.6. The van der Waals surface area contributed by atoms with Crippen LogP contribution in [-0.2, 0) is 28.6 Å². The van der Waals surface area contributed by atoms with Gasteiger partial charge >= 0.3 is 17.9 Å². The molecule has 0 aromatic carbocycles. The largest absolute Gasteiger partial charge is 0.462 e. The van der Waals surface area contributed by atoms with Crippen molar-refractivity contribution < 1.29 is 28.6 Å². The summed E-state index contributed by atoms with van der Waals surface area (Å²) < 4.78 is 16.9. The van der Waals surface area contributed by atoms with E-state index in [9.17, 15) is 14.4 Å². The summed E-state index contributed by atoms with van der Waals surface area (Å²) in [4.78, 5) is 38.2. The van der Waals surface area contributed by atoms with Crippen molar-refractivity contribution in [2.45, 2.75) is 412 Å². The number of hydrogen-bond acceptors (Lipinski definition) is 6. The molecule has 476 valence electrons. The van der Waals surface area contributed by atoms with Gasteiger partial charge in [0, 0.05) is 19.3 Å². The van der Waals surface area contributed by atoms with Crippen molar-refractivity contribution in [2.75, 3.05) is 13.2 Å². The predicted molar refractivity (Wildman–Crippen MR) is 353 cm³/mol. The van der Waals surface area contributed by atoms with Crippen LogP contribution in [0.1, 0.15) is 406 Å². The Bertz CT molecular complexity index is 1350. The molecule has 0 aromatic rings. The Labute approximate surface area is 506 Å². The molecular weight excluding hydrogens is 997 g/mol. The van der Waals surface area contributed by atoms with Gasteiger partial charge in [0.05, 0.1) is 0 Å². The maximum absolute atomic E-state index is 12.9. The van der Waals surface area contributed by atoms with Crippen LogP contribution >= 0.6 is 0 Å². The third-order valence-corrected chi connectivity index (χ3v) is 16.6. The molecule has 0 amide bonds. The number of carbonyl (C=O) groups excluding carboxylic acids is 3. The number of ether oxygens (including phenoxy) is 3. The summed E-state index contributed by atoms with van der Waals surface area (Å²) in [6.45, 7) is 6.65. The van der Waals surface area contributed by atoms with Gasteiger partial charge in [-0.1, -0.05) is 346 Å². The SMILES string of the molecule is CCCCCCC/C=C\C/C=C\CCCCCCCCCCCCCCCCCCCCCCCC(=O)OCC(COC(=O)CCCCCCCCC)OC(=O)CCCCCCCCCCCCC/C=C\CCCCCCCCCC. The van der Waals surface area contributed by atoms with E-state index in [0.29, 0.717) is 19.3 Å². The number of hydrogen-bond donors (Lipinski definition) is 0. The van der Waals surface area contributed by atoms with Gasteiger partial charge < -0.3 is 14.2 Å². The summed E-state index contributed by atoms with van der Waals surface area (Å²) in [7, 11) is 0. The lowest BCUT2D eigenvalue weighted by Crippen LogP contribution is -2.30. The average molecular weight is 1140 g/mol. The number of carbonyl (C=O) groups is 3. The molecule has 0 bridgehead atoms. The average Bonchev–Trinajstić information content (AvgIpc) is 3.47. The maximum atomic E-state index is 12.9. The highest BCUT2D eigenvalue weighted by Crippen LogP contribution is 2.19. The third kappa shape index (κ3) is 68.3. The topological polar surface area (TPSA) is 78.9 Å². The molecule has 0 aliphatic rings. The van der Waals surface area contributed by atoms with Crippen LogP contribution in [0.25, 0.3) is 0 Å². The number of rotatable bonds is 68. The minimum atomic E-state index is -0.767. The predicted octanol–water partition coefficient (Wildman–Crippen LogP) is 25.1. The Morgan fingerprint density at radius 2 is 0.444 bits per heavy atom. The molecule has 0 aliphatic carbocycles. The summed E-state index contributed by atoms with van der Waals surface area (Å²) in [5.41, 5.74) is 0. The van der Waals surface area contributed by atoms with Gasteiger partial charge in [-0.2, -0.15) is 0 Å². The molecule has 1 unspecified atom stereocenters. The zero-order valence-corrected chi connectivity index (χ0v) is 54.8. The van der Waals surface area contributed by atoms with Crippen molar-refractivity contribution in [1.82, 2.24) is 0 Å². The summed E-state index contributed by atoms with van der Waals surface area (Å²) in [5.74, 6) is -0.847. The molecule has 0 aliphatic heterocycles. The molecule has 81 heavy (non-hydrogen) atoms. The lowest BCUT2D eigenvalue weighted by atomic mass is 10.0. The fourth-order valence-corrected chi connectivity index (χ4v) is 11.1. The van der Waals surface area contributed by atoms with Crippen LogP contribution in [0.15, 0.2) is 36.5 Å². The van der Waals surface area contributed by atoms with Gasteiger partial charge in [0.15, 0.2) is 6.10 Å². The Balaban J connectivity index is 3.97. The lowest BCUT2D eigenvalue weighted by molar-refractivity contribution is -0.167. The van der Waals surface area contributed by atoms with Crippen LogP contribution in [-0.4, -0.2) is 37.2 Å². The maximum Gasteiger partial charge on any atom is 0.306 e. The monoisotopic (exact) mass is 1140 g/mol. The second-order valence-electron chi connectivity index (χ2n) is 24.9. The van der Waals surface area contributed by atoms with E-state index in [0.717, 1.165) is 64.2 Å². The fraction of sp³-hybridized carbons (Fsp3) is 0.880. The zero-order chi connectivity index (χ0) is 58.5. The van der Waals surface area contributed by atoms with Gasteiger partial charge in [0.1, 0.15) is 13.2 Å². The van der Waals surface area contributed by atoms with Gasteiger partial charge in [-0.25, -0.2) is 0 Å². The van der Waals surface area contributed by atoms with Crippen molar-refractivity contribution in [2.24, 2.45) is 0 Å². The van der Waals surface area contributed by atoms with Gasteiger partial charge in [-0.05, 0) is 77.0 Å². The smallest absolute Gasteiger partial charge is 0.306 e. The zero-order valence-electron chi connectivity index (χ0n) is 54.8. The van der Waals surface area contributed by atoms with E-state index in [2.05, 4.69) is 57.2 Å². The van der Waals surface area contributed by atoms with Crippen molar-refractivity contribution in [3.05, 3.63) is 36.5 Å². The summed E-state index contributed by atoms with van der Waals surface area (Å²) in [6, 6.07) is 0. The Morgan fingerprint density at radius 1 is 0.247 bits per heavy atom.